The molecule has 2 saturated carbocycles. The molecule has 1 aliphatic heterocycles. The molecule has 1 heterocycles. The van der Waals surface area contributed by atoms with Gasteiger partial charge in [0.15, 0.2) is 0 Å². The molecular formula is C25H34O6. The standard InChI is InChI=1S/C25H34O6/c1-13-11-16-15(21(27)20(13)22(28)29)12-18-24(5)9-8-19(30-14(2)26)23(3,4)17(24)7-10-25(18,6)31-16/h11,17-19,27H,7-10,12H2,1-6H3,(H,28,29)/t17-,18+,19-,24-,25+/m1/s1. The van der Waals surface area contributed by atoms with Crippen LogP contribution in [0.1, 0.15) is 81.8 Å². The van der Waals surface area contributed by atoms with Gasteiger partial charge in [-0.2, -0.15) is 0 Å². The summed E-state index contributed by atoms with van der Waals surface area (Å²) in [5, 5.41) is 20.5. The normalized spacial score (nSPS) is 35.7. The van der Waals surface area contributed by atoms with Crippen LogP contribution in [0.4, 0.5) is 0 Å². The number of rotatable bonds is 2. The molecule has 6 nitrogen and oxygen atoms in total. The fourth-order valence-corrected chi connectivity index (χ4v) is 7.29. The van der Waals surface area contributed by atoms with E-state index in [9.17, 15) is 19.8 Å². The molecule has 0 amide bonds. The molecule has 0 bridgehead atoms. The number of esters is 1. The Balaban J connectivity index is 1.76. The van der Waals surface area contributed by atoms with Crippen LogP contribution in [0.25, 0.3) is 0 Å². The molecule has 0 unspecified atom stereocenters. The molecule has 1 aromatic rings. The Kier molecular flexibility index (Phi) is 4.88. The average Bonchev–Trinajstić information content (AvgIpc) is 2.62. The highest BCUT2D eigenvalue weighted by molar-refractivity contribution is 5.93. The molecule has 4 rings (SSSR count). The molecule has 0 radical (unpaired) electrons. The lowest BCUT2D eigenvalue weighted by atomic mass is 9.44. The molecule has 2 N–H and O–H groups in total. The maximum atomic E-state index is 11.7. The number of phenols is 1. The minimum absolute atomic E-state index is 0.0395. The van der Waals surface area contributed by atoms with Gasteiger partial charge >= 0.3 is 11.9 Å². The van der Waals surface area contributed by atoms with E-state index in [1.807, 2.05) is 0 Å². The van der Waals surface area contributed by atoms with Crippen molar-refractivity contribution in [2.45, 2.75) is 85.4 Å². The van der Waals surface area contributed by atoms with Crippen LogP contribution in [-0.4, -0.2) is 33.9 Å². The quantitative estimate of drug-likeness (QED) is 0.650. The second-order valence-electron chi connectivity index (χ2n) is 10.9. The lowest BCUT2D eigenvalue weighted by Gasteiger charge is -2.64. The average molecular weight is 431 g/mol. The lowest BCUT2D eigenvalue weighted by Crippen LogP contribution is -2.64. The number of aryl methyl sites for hydroxylation is 1. The maximum absolute atomic E-state index is 11.7. The highest BCUT2D eigenvalue weighted by atomic mass is 16.5. The minimum atomic E-state index is -1.12. The Morgan fingerprint density at radius 3 is 2.42 bits per heavy atom. The lowest BCUT2D eigenvalue weighted by molar-refractivity contribution is -0.203. The summed E-state index contributed by atoms with van der Waals surface area (Å²) in [6.45, 7) is 12.0. The van der Waals surface area contributed by atoms with Crippen LogP contribution in [0.5, 0.6) is 11.5 Å². The van der Waals surface area contributed by atoms with Crippen molar-refractivity contribution in [1.29, 1.82) is 0 Å². The molecular weight excluding hydrogens is 396 g/mol. The van der Waals surface area contributed by atoms with Crippen molar-refractivity contribution in [2.24, 2.45) is 22.7 Å². The van der Waals surface area contributed by atoms with Crippen molar-refractivity contribution < 1.29 is 29.3 Å². The Morgan fingerprint density at radius 1 is 1.13 bits per heavy atom. The molecule has 0 saturated heterocycles. The predicted octanol–water partition coefficient (Wildman–Crippen LogP) is 4.88. The van der Waals surface area contributed by atoms with E-state index >= 15 is 0 Å². The third-order valence-electron chi connectivity index (χ3n) is 8.77. The summed E-state index contributed by atoms with van der Waals surface area (Å²) in [6.07, 6.45) is 4.00. The van der Waals surface area contributed by atoms with Gasteiger partial charge in [0, 0.05) is 23.8 Å². The first-order chi connectivity index (χ1) is 14.3. The highest BCUT2D eigenvalue weighted by Gasteiger charge is 2.63. The molecule has 3 aliphatic rings. The van der Waals surface area contributed by atoms with E-state index in [2.05, 4.69) is 27.7 Å². The summed E-state index contributed by atoms with van der Waals surface area (Å²) in [5.74, 6) is -0.468. The molecule has 0 spiro atoms. The van der Waals surface area contributed by atoms with E-state index in [1.165, 1.54) is 6.92 Å². The summed E-state index contributed by atoms with van der Waals surface area (Å²) in [4.78, 5) is 23.4. The first-order valence-electron chi connectivity index (χ1n) is 11.3. The van der Waals surface area contributed by atoms with E-state index in [1.54, 1.807) is 13.0 Å². The fraction of sp³-hybridized carbons (Fsp3) is 0.680. The zero-order valence-corrected chi connectivity index (χ0v) is 19.4. The van der Waals surface area contributed by atoms with E-state index < -0.39 is 5.97 Å². The summed E-state index contributed by atoms with van der Waals surface area (Å²) < 4.78 is 12.3. The van der Waals surface area contributed by atoms with Gasteiger partial charge in [0.2, 0.25) is 0 Å². The van der Waals surface area contributed by atoms with Gasteiger partial charge in [0.05, 0.1) is 0 Å². The Bertz CT molecular complexity index is 950. The largest absolute Gasteiger partial charge is 0.507 e. The van der Waals surface area contributed by atoms with E-state index in [4.69, 9.17) is 9.47 Å². The second kappa shape index (κ2) is 6.88. The smallest absolute Gasteiger partial charge is 0.339 e. The number of carbonyl (C=O) groups excluding carboxylic acids is 1. The van der Waals surface area contributed by atoms with Crippen molar-refractivity contribution in [2.75, 3.05) is 0 Å². The molecule has 1 aromatic carbocycles. The fourth-order valence-electron chi connectivity index (χ4n) is 7.29. The Hall–Kier alpha value is -2.24. The number of hydrogen-bond donors (Lipinski definition) is 2. The van der Waals surface area contributed by atoms with Gasteiger partial charge in [-0.25, -0.2) is 4.79 Å². The molecule has 6 heteroatoms. The number of carbonyl (C=O) groups is 2. The summed E-state index contributed by atoms with van der Waals surface area (Å²) in [7, 11) is 0. The van der Waals surface area contributed by atoms with Crippen LogP contribution in [0.3, 0.4) is 0 Å². The molecule has 0 aromatic heterocycles. The summed E-state index contributed by atoms with van der Waals surface area (Å²) in [6, 6.07) is 1.76. The van der Waals surface area contributed by atoms with Crippen LogP contribution < -0.4 is 4.74 Å². The van der Waals surface area contributed by atoms with Crippen LogP contribution >= 0.6 is 0 Å². The van der Waals surface area contributed by atoms with Crippen LogP contribution in [-0.2, 0) is 16.0 Å². The number of benzene rings is 1. The third kappa shape index (κ3) is 3.13. The zero-order valence-electron chi connectivity index (χ0n) is 19.4. The van der Waals surface area contributed by atoms with Gasteiger partial charge in [0.25, 0.3) is 0 Å². The second-order valence-corrected chi connectivity index (χ2v) is 10.9. The number of hydrogen-bond acceptors (Lipinski definition) is 5. The number of carboxylic acids is 1. The van der Waals surface area contributed by atoms with Crippen LogP contribution in [0.15, 0.2) is 6.07 Å². The molecule has 170 valence electrons. The number of ether oxygens (including phenoxy) is 2. The molecule has 31 heavy (non-hydrogen) atoms. The van der Waals surface area contributed by atoms with Gasteiger partial charge in [-0.05, 0) is 68.9 Å². The van der Waals surface area contributed by atoms with Crippen molar-refractivity contribution >= 4 is 11.9 Å². The van der Waals surface area contributed by atoms with Crippen molar-refractivity contribution in [3.63, 3.8) is 0 Å². The first-order valence-corrected chi connectivity index (χ1v) is 11.3. The van der Waals surface area contributed by atoms with Crippen LogP contribution in [0, 0.1) is 29.6 Å². The van der Waals surface area contributed by atoms with Gasteiger partial charge in [0.1, 0.15) is 28.8 Å². The SMILES string of the molecule is CC(=O)O[C@@H]1CC[C@]2(C)[C@H](CC[C@]3(C)Oc4cc(C)c(C(=O)O)c(O)c4C[C@@H]23)C1(C)C. The topological polar surface area (TPSA) is 93.1 Å². The number of aromatic carboxylic acids is 1. The minimum Gasteiger partial charge on any atom is -0.507 e. The van der Waals surface area contributed by atoms with Crippen molar-refractivity contribution in [3.8, 4) is 11.5 Å². The van der Waals surface area contributed by atoms with Crippen LogP contribution in [0.2, 0.25) is 0 Å². The van der Waals surface area contributed by atoms with Crippen molar-refractivity contribution in [3.05, 3.63) is 22.8 Å². The van der Waals surface area contributed by atoms with E-state index in [0.29, 0.717) is 29.2 Å². The number of fused-ring (bicyclic) bond motifs is 4. The predicted molar refractivity (Wildman–Crippen MR) is 115 cm³/mol. The Morgan fingerprint density at radius 2 is 1.81 bits per heavy atom. The van der Waals surface area contributed by atoms with Gasteiger partial charge in [-0.15, -0.1) is 0 Å². The van der Waals surface area contributed by atoms with Gasteiger partial charge < -0.3 is 19.7 Å². The summed E-state index contributed by atoms with van der Waals surface area (Å²) in [5.41, 5.74) is 0.433. The number of carboxylic acid groups (broad SMARTS) is 1. The van der Waals surface area contributed by atoms with E-state index in [0.717, 1.165) is 25.7 Å². The van der Waals surface area contributed by atoms with Gasteiger partial charge in [-0.3, -0.25) is 4.79 Å². The zero-order chi connectivity index (χ0) is 22.9. The molecule has 5 atom stereocenters. The third-order valence-corrected chi connectivity index (χ3v) is 8.77. The molecule has 2 fully saturated rings. The first kappa shape index (κ1) is 22.0. The maximum Gasteiger partial charge on any atom is 0.339 e. The highest BCUT2D eigenvalue weighted by Crippen LogP contribution is 2.65. The molecule has 2 aliphatic carbocycles. The monoisotopic (exact) mass is 430 g/mol. The Labute approximate surface area is 183 Å². The van der Waals surface area contributed by atoms with E-state index in [-0.39, 0.29) is 45.7 Å². The van der Waals surface area contributed by atoms with Gasteiger partial charge in [-0.1, -0.05) is 20.8 Å². The summed E-state index contributed by atoms with van der Waals surface area (Å²) >= 11 is 0. The van der Waals surface area contributed by atoms with Crippen molar-refractivity contribution in [1.82, 2.24) is 0 Å². The number of aromatic hydroxyl groups is 1.